The number of ether oxygens (including phenoxy) is 1. The van der Waals surface area contributed by atoms with Crippen LogP contribution in [0.5, 0.6) is 0 Å². The first-order valence-corrected chi connectivity index (χ1v) is 5.76. The molecular weight excluding hydrogens is 176 g/mol. The van der Waals surface area contributed by atoms with Crippen LogP contribution in [-0.4, -0.2) is 51.3 Å². The predicted molar refractivity (Wildman–Crippen MR) is 59.6 cm³/mol. The molecule has 1 fully saturated rings. The van der Waals surface area contributed by atoms with E-state index < -0.39 is 0 Å². The van der Waals surface area contributed by atoms with Gasteiger partial charge >= 0.3 is 0 Å². The van der Waals surface area contributed by atoms with E-state index in [1.165, 1.54) is 38.8 Å². The van der Waals surface area contributed by atoms with Gasteiger partial charge in [0.15, 0.2) is 0 Å². The Morgan fingerprint density at radius 3 is 3.00 bits per heavy atom. The molecule has 84 valence electrons. The number of likely N-dealkylation sites (tertiary alicyclic amines) is 1. The summed E-state index contributed by atoms with van der Waals surface area (Å²) in [5, 5.41) is 3.18. The van der Waals surface area contributed by atoms with E-state index in [-0.39, 0.29) is 0 Å². The van der Waals surface area contributed by atoms with Gasteiger partial charge in [-0.3, -0.25) is 0 Å². The van der Waals surface area contributed by atoms with Gasteiger partial charge in [-0.2, -0.15) is 0 Å². The zero-order valence-corrected chi connectivity index (χ0v) is 9.59. The number of nitrogens with one attached hydrogen (secondary N) is 1. The molecule has 1 heterocycles. The molecule has 1 aliphatic heterocycles. The van der Waals surface area contributed by atoms with Crippen molar-refractivity contribution in [3.63, 3.8) is 0 Å². The molecule has 0 aromatic rings. The number of hydrogen-bond donors (Lipinski definition) is 1. The van der Waals surface area contributed by atoms with E-state index in [0.717, 1.165) is 13.1 Å². The van der Waals surface area contributed by atoms with E-state index in [0.29, 0.717) is 6.10 Å². The Bertz CT molecular complexity index is 141. The highest BCUT2D eigenvalue weighted by molar-refractivity contribution is 4.72. The molecule has 1 N–H and O–H groups in total. The minimum atomic E-state index is 0.480. The van der Waals surface area contributed by atoms with E-state index >= 15 is 0 Å². The zero-order chi connectivity index (χ0) is 10.2. The number of unbranched alkanes of at least 4 members (excludes halogenated alkanes) is 1. The van der Waals surface area contributed by atoms with Gasteiger partial charge in [0.2, 0.25) is 0 Å². The van der Waals surface area contributed by atoms with Crippen LogP contribution in [0.4, 0.5) is 0 Å². The largest absolute Gasteiger partial charge is 0.380 e. The molecule has 1 rings (SSSR count). The summed E-state index contributed by atoms with van der Waals surface area (Å²) in [5.74, 6) is 0. The first kappa shape index (κ1) is 12.0. The fourth-order valence-electron chi connectivity index (χ4n) is 2.05. The van der Waals surface area contributed by atoms with Gasteiger partial charge in [0, 0.05) is 13.7 Å². The second kappa shape index (κ2) is 7.21. The number of piperidine rings is 1. The topological polar surface area (TPSA) is 24.5 Å². The first-order chi connectivity index (χ1) is 6.86. The average molecular weight is 200 g/mol. The minimum absolute atomic E-state index is 0.480. The summed E-state index contributed by atoms with van der Waals surface area (Å²) in [6.45, 7) is 4.78. The number of hydrogen-bond acceptors (Lipinski definition) is 3. The molecule has 0 spiro atoms. The highest BCUT2D eigenvalue weighted by Gasteiger charge is 2.18. The van der Waals surface area contributed by atoms with Crippen LogP contribution in [0.15, 0.2) is 0 Å². The molecule has 0 aromatic heterocycles. The van der Waals surface area contributed by atoms with Crippen molar-refractivity contribution in [3.05, 3.63) is 0 Å². The fraction of sp³-hybridized carbons (Fsp3) is 1.00. The Morgan fingerprint density at radius 2 is 2.29 bits per heavy atom. The average Bonchev–Trinajstić information content (AvgIpc) is 2.25. The third-order valence-electron chi connectivity index (χ3n) is 2.95. The van der Waals surface area contributed by atoms with Crippen LogP contribution >= 0.6 is 0 Å². The number of nitrogens with zero attached hydrogens (tertiary/aromatic N) is 1. The van der Waals surface area contributed by atoms with Crippen LogP contribution in [0.1, 0.15) is 25.7 Å². The molecule has 1 atom stereocenters. The van der Waals surface area contributed by atoms with Crippen LogP contribution in [-0.2, 0) is 4.74 Å². The lowest BCUT2D eigenvalue weighted by Gasteiger charge is -2.31. The molecule has 0 saturated carbocycles. The summed E-state index contributed by atoms with van der Waals surface area (Å²) in [6.07, 6.45) is 5.60. The first-order valence-electron chi connectivity index (χ1n) is 5.76. The summed E-state index contributed by atoms with van der Waals surface area (Å²) in [4.78, 5) is 2.54. The van der Waals surface area contributed by atoms with Crippen molar-refractivity contribution in [1.29, 1.82) is 0 Å². The van der Waals surface area contributed by atoms with Gasteiger partial charge in [-0.05, 0) is 52.4 Å². The van der Waals surface area contributed by atoms with Gasteiger partial charge in [0.05, 0.1) is 6.10 Å². The Balaban J connectivity index is 2.05. The molecule has 14 heavy (non-hydrogen) atoms. The number of methoxy groups -OCH3 is 1. The predicted octanol–water partition coefficient (Wildman–Crippen LogP) is 1.10. The van der Waals surface area contributed by atoms with Crippen molar-refractivity contribution in [2.24, 2.45) is 0 Å². The fourth-order valence-corrected chi connectivity index (χ4v) is 2.05. The van der Waals surface area contributed by atoms with E-state index in [9.17, 15) is 0 Å². The minimum Gasteiger partial charge on any atom is -0.380 e. The molecule has 1 saturated heterocycles. The normalized spacial score (nSPS) is 24.0. The van der Waals surface area contributed by atoms with E-state index in [2.05, 4.69) is 10.2 Å². The van der Waals surface area contributed by atoms with Gasteiger partial charge in [-0.25, -0.2) is 0 Å². The molecule has 3 heteroatoms. The molecule has 0 aliphatic carbocycles. The van der Waals surface area contributed by atoms with Crippen LogP contribution < -0.4 is 5.32 Å². The smallest absolute Gasteiger partial charge is 0.0698 e. The lowest BCUT2D eigenvalue weighted by atomic mass is 10.1. The van der Waals surface area contributed by atoms with Gasteiger partial charge in [0.25, 0.3) is 0 Å². The van der Waals surface area contributed by atoms with E-state index in [4.69, 9.17) is 4.74 Å². The van der Waals surface area contributed by atoms with Gasteiger partial charge in [-0.1, -0.05) is 0 Å². The molecule has 3 nitrogen and oxygen atoms in total. The van der Waals surface area contributed by atoms with Crippen LogP contribution in [0.25, 0.3) is 0 Å². The highest BCUT2D eigenvalue weighted by atomic mass is 16.5. The summed E-state index contributed by atoms with van der Waals surface area (Å²) < 4.78 is 5.39. The Morgan fingerprint density at radius 1 is 1.43 bits per heavy atom. The van der Waals surface area contributed by atoms with Crippen molar-refractivity contribution in [3.8, 4) is 0 Å². The Kier molecular flexibility index (Phi) is 6.15. The van der Waals surface area contributed by atoms with Crippen molar-refractivity contribution < 1.29 is 4.74 Å². The maximum Gasteiger partial charge on any atom is 0.0698 e. The van der Waals surface area contributed by atoms with Gasteiger partial charge in [0.1, 0.15) is 0 Å². The van der Waals surface area contributed by atoms with Crippen molar-refractivity contribution in [2.45, 2.75) is 31.8 Å². The molecule has 0 radical (unpaired) electrons. The zero-order valence-electron chi connectivity index (χ0n) is 9.59. The van der Waals surface area contributed by atoms with Crippen LogP contribution in [0.3, 0.4) is 0 Å². The van der Waals surface area contributed by atoms with Crippen LogP contribution in [0.2, 0.25) is 0 Å². The third-order valence-corrected chi connectivity index (χ3v) is 2.95. The number of rotatable bonds is 6. The van der Waals surface area contributed by atoms with E-state index in [1.807, 2.05) is 14.2 Å². The van der Waals surface area contributed by atoms with Crippen molar-refractivity contribution in [1.82, 2.24) is 10.2 Å². The monoisotopic (exact) mass is 200 g/mol. The highest BCUT2D eigenvalue weighted by Crippen LogP contribution is 2.12. The lowest BCUT2D eigenvalue weighted by molar-refractivity contribution is 0.0309. The SMILES string of the molecule is CNCCCCN1CCCC(OC)C1. The maximum absolute atomic E-state index is 5.39. The summed E-state index contributed by atoms with van der Waals surface area (Å²) in [6, 6.07) is 0. The molecule has 1 unspecified atom stereocenters. The molecule has 1 aliphatic rings. The standard InChI is InChI=1S/C11H24N2O/c1-12-7-3-4-8-13-9-5-6-11(10-13)14-2/h11-12H,3-10H2,1-2H3. The second-order valence-electron chi connectivity index (χ2n) is 4.11. The quantitative estimate of drug-likeness (QED) is 0.650. The summed E-state index contributed by atoms with van der Waals surface area (Å²) >= 11 is 0. The van der Waals surface area contributed by atoms with Crippen LogP contribution in [0, 0.1) is 0 Å². The van der Waals surface area contributed by atoms with Gasteiger partial charge < -0.3 is 15.0 Å². The molecule has 0 aromatic carbocycles. The summed E-state index contributed by atoms with van der Waals surface area (Å²) in [7, 11) is 3.84. The molecular formula is C11H24N2O. The van der Waals surface area contributed by atoms with Crippen molar-refractivity contribution in [2.75, 3.05) is 40.3 Å². The van der Waals surface area contributed by atoms with Gasteiger partial charge in [-0.15, -0.1) is 0 Å². The summed E-state index contributed by atoms with van der Waals surface area (Å²) in [5.41, 5.74) is 0. The second-order valence-corrected chi connectivity index (χ2v) is 4.11. The molecule has 0 bridgehead atoms. The Labute approximate surface area is 87.8 Å². The Hall–Kier alpha value is -0.120. The van der Waals surface area contributed by atoms with Crippen molar-refractivity contribution >= 4 is 0 Å². The van der Waals surface area contributed by atoms with E-state index in [1.54, 1.807) is 0 Å². The maximum atomic E-state index is 5.39. The third kappa shape index (κ3) is 4.40. The molecule has 0 amide bonds. The lowest BCUT2D eigenvalue weighted by Crippen LogP contribution is -2.39.